The van der Waals surface area contributed by atoms with Crippen LogP contribution in [0.1, 0.15) is 63.6 Å². The Bertz CT molecular complexity index is 1470. The zero-order chi connectivity index (χ0) is 32.1. The quantitative estimate of drug-likeness (QED) is 0.307. The van der Waals surface area contributed by atoms with Gasteiger partial charge >= 0.3 is 6.03 Å². The van der Waals surface area contributed by atoms with Crippen LogP contribution in [0.15, 0.2) is 24.3 Å². The van der Waals surface area contributed by atoms with E-state index in [9.17, 15) is 18.0 Å². The molecule has 0 unspecified atom stereocenters. The first-order valence-corrected chi connectivity index (χ1v) is 17.2. The van der Waals surface area contributed by atoms with Crippen molar-refractivity contribution in [2.24, 2.45) is 0 Å². The van der Waals surface area contributed by atoms with Gasteiger partial charge in [-0.15, -0.1) is 0 Å². The predicted molar refractivity (Wildman–Crippen MR) is 175 cm³/mol. The monoisotopic (exact) mass is 629 g/mol. The minimum atomic E-state index is -3.59. The maximum Gasteiger partial charge on any atom is 0.323 e. The van der Waals surface area contributed by atoms with Gasteiger partial charge in [0.05, 0.1) is 31.3 Å². The molecule has 1 aliphatic carbocycles. The molecule has 1 heterocycles. The summed E-state index contributed by atoms with van der Waals surface area (Å²) >= 11 is 0. The average Bonchev–Trinajstić information content (AvgIpc) is 3.43. The molecule has 4 rings (SSSR count). The third-order valence-electron chi connectivity index (χ3n) is 8.04. The van der Waals surface area contributed by atoms with Crippen LogP contribution in [0.2, 0.25) is 0 Å². The standard InChI is InChI=1S/C32H47N5O6S/c1-7-8-14-37-16-15-36(21-29(37)38)17-18-43-28-13-12-25(23-10-9-11-24(23)28)33-31(39)34-26-19-22(32(2,3)4)20-27(30(26)42-5)35-44(6,40)41/h12-13,19-20,35H,7-11,14-18,21H2,1-6H3,(H2,33,34,39). The number of benzene rings is 2. The summed E-state index contributed by atoms with van der Waals surface area (Å²) in [7, 11) is -2.16. The van der Waals surface area contributed by atoms with Crippen LogP contribution in [0.4, 0.5) is 21.9 Å². The van der Waals surface area contributed by atoms with Crippen LogP contribution in [0.25, 0.3) is 0 Å². The molecule has 0 saturated carbocycles. The summed E-state index contributed by atoms with van der Waals surface area (Å²) in [6.07, 6.45) is 5.83. The minimum absolute atomic E-state index is 0.185. The van der Waals surface area contributed by atoms with E-state index in [0.717, 1.165) is 80.4 Å². The molecule has 0 bridgehead atoms. The van der Waals surface area contributed by atoms with Crippen molar-refractivity contribution in [3.8, 4) is 11.5 Å². The Morgan fingerprint density at radius 2 is 1.70 bits per heavy atom. The van der Waals surface area contributed by atoms with Gasteiger partial charge in [-0.3, -0.25) is 14.4 Å². The van der Waals surface area contributed by atoms with E-state index in [-0.39, 0.29) is 22.8 Å². The Morgan fingerprint density at radius 1 is 1.00 bits per heavy atom. The Hall–Kier alpha value is -3.51. The molecular formula is C32H47N5O6S. The SMILES string of the molecule is CCCCN1CCN(CCOc2ccc(NC(=O)Nc3cc(C(C)(C)C)cc(NS(C)(=O)=O)c3OC)c3c2CCC3)CC1=O. The Labute approximate surface area is 261 Å². The number of nitrogens with zero attached hydrogens (tertiary/aromatic N) is 2. The van der Waals surface area contributed by atoms with Gasteiger partial charge in [-0.1, -0.05) is 34.1 Å². The van der Waals surface area contributed by atoms with E-state index < -0.39 is 16.1 Å². The molecule has 3 amide bonds. The normalized spacial score (nSPS) is 15.6. The molecule has 0 radical (unpaired) electrons. The maximum absolute atomic E-state index is 13.3. The number of methoxy groups -OCH3 is 1. The molecule has 2 aliphatic rings. The number of amides is 3. The van der Waals surface area contributed by atoms with Crippen LogP contribution in [-0.4, -0.2) is 82.9 Å². The topological polar surface area (TPSA) is 129 Å². The summed E-state index contributed by atoms with van der Waals surface area (Å²) < 4.78 is 38.3. The summed E-state index contributed by atoms with van der Waals surface area (Å²) in [5.74, 6) is 1.22. The molecule has 242 valence electrons. The first-order chi connectivity index (χ1) is 20.8. The van der Waals surface area contributed by atoms with Crippen molar-refractivity contribution >= 4 is 39.0 Å². The number of rotatable bonds is 12. The first-order valence-electron chi connectivity index (χ1n) is 15.3. The second kappa shape index (κ2) is 14.1. The largest absolute Gasteiger partial charge is 0.492 e. The van der Waals surface area contributed by atoms with Crippen molar-refractivity contribution < 1.29 is 27.5 Å². The van der Waals surface area contributed by atoms with Gasteiger partial charge in [-0.05, 0) is 72.1 Å². The van der Waals surface area contributed by atoms with E-state index in [1.165, 1.54) is 7.11 Å². The van der Waals surface area contributed by atoms with E-state index in [1.54, 1.807) is 12.1 Å². The number of urea groups is 1. The molecule has 44 heavy (non-hydrogen) atoms. The van der Waals surface area contributed by atoms with Crippen molar-refractivity contribution in [3.05, 3.63) is 41.0 Å². The number of nitrogens with one attached hydrogen (secondary N) is 3. The van der Waals surface area contributed by atoms with Gasteiger partial charge in [0, 0.05) is 31.9 Å². The van der Waals surface area contributed by atoms with Crippen LogP contribution in [0, 0.1) is 0 Å². The highest BCUT2D eigenvalue weighted by Gasteiger charge is 2.26. The molecule has 0 spiro atoms. The number of anilines is 3. The second-order valence-corrected chi connectivity index (χ2v) is 14.3. The highest BCUT2D eigenvalue weighted by Crippen LogP contribution is 2.40. The number of fused-ring (bicyclic) bond motifs is 1. The molecule has 2 aromatic rings. The molecule has 2 aromatic carbocycles. The van der Waals surface area contributed by atoms with E-state index in [4.69, 9.17) is 9.47 Å². The minimum Gasteiger partial charge on any atom is -0.492 e. The highest BCUT2D eigenvalue weighted by atomic mass is 32.2. The summed E-state index contributed by atoms with van der Waals surface area (Å²) in [5, 5.41) is 5.84. The number of hydrogen-bond acceptors (Lipinski definition) is 7. The summed E-state index contributed by atoms with van der Waals surface area (Å²) in [4.78, 5) is 29.8. The Balaban J connectivity index is 1.43. The molecule has 1 aliphatic heterocycles. The van der Waals surface area contributed by atoms with Gasteiger partial charge in [0.1, 0.15) is 12.4 Å². The van der Waals surface area contributed by atoms with Gasteiger partial charge in [0.25, 0.3) is 0 Å². The zero-order valence-corrected chi connectivity index (χ0v) is 27.7. The van der Waals surface area contributed by atoms with Crippen LogP contribution < -0.4 is 24.8 Å². The lowest BCUT2D eigenvalue weighted by Gasteiger charge is -2.34. The number of hydrogen-bond donors (Lipinski definition) is 3. The number of ether oxygens (including phenoxy) is 2. The predicted octanol–water partition coefficient (Wildman–Crippen LogP) is 4.82. The third-order valence-corrected chi connectivity index (χ3v) is 8.63. The molecule has 1 fully saturated rings. The maximum atomic E-state index is 13.3. The van der Waals surface area contributed by atoms with Crippen LogP contribution >= 0.6 is 0 Å². The summed E-state index contributed by atoms with van der Waals surface area (Å²) in [5.41, 5.74) is 3.96. The molecule has 0 aromatic heterocycles. The fraction of sp³-hybridized carbons (Fsp3) is 0.562. The lowest BCUT2D eigenvalue weighted by atomic mass is 9.86. The van der Waals surface area contributed by atoms with E-state index in [1.807, 2.05) is 37.8 Å². The number of unbranched alkanes of at least 4 members (excludes halogenated alkanes) is 1. The van der Waals surface area contributed by atoms with Crippen LogP contribution in [0.5, 0.6) is 11.5 Å². The van der Waals surface area contributed by atoms with Gasteiger partial charge in [0.2, 0.25) is 15.9 Å². The average molecular weight is 630 g/mol. The number of carbonyl (C=O) groups is 2. The third kappa shape index (κ3) is 8.56. The highest BCUT2D eigenvalue weighted by molar-refractivity contribution is 7.92. The lowest BCUT2D eigenvalue weighted by molar-refractivity contribution is -0.136. The zero-order valence-electron chi connectivity index (χ0n) is 26.8. The molecule has 0 atom stereocenters. The fourth-order valence-electron chi connectivity index (χ4n) is 5.67. The van der Waals surface area contributed by atoms with Crippen molar-refractivity contribution in [2.75, 3.05) is 68.1 Å². The van der Waals surface area contributed by atoms with Gasteiger partial charge in [-0.2, -0.15) is 0 Å². The molecule has 11 nitrogen and oxygen atoms in total. The van der Waals surface area contributed by atoms with Crippen LogP contribution in [-0.2, 0) is 33.1 Å². The summed E-state index contributed by atoms with van der Waals surface area (Å²) in [6, 6.07) is 6.80. The first kappa shape index (κ1) is 33.4. The van der Waals surface area contributed by atoms with E-state index >= 15 is 0 Å². The molecule has 1 saturated heterocycles. The van der Waals surface area contributed by atoms with Crippen LogP contribution in [0.3, 0.4) is 0 Å². The van der Waals surface area contributed by atoms with E-state index in [0.29, 0.717) is 31.1 Å². The Morgan fingerprint density at radius 3 is 2.36 bits per heavy atom. The summed E-state index contributed by atoms with van der Waals surface area (Å²) in [6.45, 7) is 12.2. The smallest absolute Gasteiger partial charge is 0.323 e. The second-order valence-electron chi connectivity index (χ2n) is 12.6. The van der Waals surface area contributed by atoms with Gasteiger partial charge in [0.15, 0.2) is 5.75 Å². The number of piperazine rings is 1. The number of carbonyl (C=O) groups excluding carboxylic acids is 2. The molecule has 3 N–H and O–H groups in total. The number of sulfonamides is 1. The van der Waals surface area contributed by atoms with Crippen molar-refractivity contribution in [1.29, 1.82) is 0 Å². The lowest BCUT2D eigenvalue weighted by Crippen LogP contribution is -2.51. The molecule has 12 heteroatoms. The van der Waals surface area contributed by atoms with Crippen molar-refractivity contribution in [2.45, 2.75) is 65.2 Å². The van der Waals surface area contributed by atoms with Crippen molar-refractivity contribution in [3.63, 3.8) is 0 Å². The Kier molecular flexibility index (Phi) is 10.7. The van der Waals surface area contributed by atoms with E-state index in [2.05, 4.69) is 27.2 Å². The fourth-order valence-corrected chi connectivity index (χ4v) is 6.22. The van der Waals surface area contributed by atoms with Gasteiger partial charge < -0.3 is 25.0 Å². The molecular weight excluding hydrogens is 582 g/mol. The van der Waals surface area contributed by atoms with Crippen molar-refractivity contribution in [1.82, 2.24) is 9.80 Å². The van der Waals surface area contributed by atoms with Gasteiger partial charge in [-0.25, -0.2) is 13.2 Å².